The van der Waals surface area contributed by atoms with Gasteiger partial charge in [-0.3, -0.25) is 9.67 Å². The molecule has 0 amide bonds. The van der Waals surface area contributed by atoms with Gasteiger partial charge in [0, 0.05) is 36.6 Å². The summed E-state index contributed by atoms with van der Waals surface area (Å²) in [7, 11) is 1.77. The largest absolute Gasteiger partial charge is 0.383 e. The van der Waals surface area contributed by atoms with Crippen LogP contribution >= 0.6 is 11.6 Å². The minimum atomic E-state index is 0.453. The molecule has 7 nitrogen and oxygen atoms in total. The first-order valence-electron chi connectivity index (χ1n) is 8.01. The van der Waals surface area contributed by atoms with Crippen LogP contribution in [0.1, 0.15) is 5.56 Å². The molecule has 0 bridgehead atoms. The lowest BCUT2D eigenvalue weighted by Crippen LogP contribution is -2.05. The van der Waals surface area contributed by atoms with Crippen LogP contribution in [0.25, 0.3) is 22.3 Å². The molecule has 3 N–H and O–H groups in total. The number of anilines is 2. The van der Waals surface area contributed by atoms with Gasteiger partial charge in [-0.15, -0.1) is 0 Å². The zero-order valence-corrected chi connectivity index (χ0v) is 14.8. The lowest BCUT2D eigenvalue weighted by atomic mass is 10.1. The van der Waals surface area contributed by atoms with Gasteiger partial charge in [0.2, 0.25) is 5.95 Å². The molecule has 0 aliphatic rings. The Morgan fingerprint density at radius 1 is 1.15 bits per heavy atom. The minimum absolute atomic E-state index is 0.453. The summed E-state index contributed by atoms with van der Waals surface area (Å²) in [6.45, 7) is 0.545. The van der Waals surface area contributed by atoms with E-state index in [2.05, 4.69) is 25.4 Å². The Labute approximate surface area is 154 Å². The molecule has 0 saturated carbocycles. The van der Waals surface area contributed by atoms with Crippen LogP contribution in [0.5, 0.6) is 0 Å². The lowest BCUT2D eigenvalue weighted by molar-refractivity contribution is 0.787. The Bertz CT molecular complexity index is 1080. The molecule has 130 valence electrons. The van der Waals surface area contributed by atoms with Gasteiger partial charge in [-0.05, 0) is 17.7 Å². The lowest BCUT2D eigenvalue weighted by Gasteiger charge is -2.09. The van der Waals surface area contributed by atoms with Crippen molar-refractivity contribution >= 4 is 34.4 Å². The summed E-state index contributed by atoms with van der Waals surface area (Å²) in [5.74, 6) is 0.947. The average Bonchev–Trinajstić information content (AvgIpc) is 2.95. The molecule has 3 aromatic heterocycles. The second-order valence-electron chi connectivity index (χ2n) is 5.80. The molecule has 3 heterocycles. The first kappa shape index (κ1) is 16.3. The average molecular weight is 366 g/mol. The van der Waals surface area contributed by atoms with Crippen molar-refractivity contribution in [2.45, 2.75) is 6.54 Å². The summed E-state index contributed by atoms with van der Waals surface area (Å²) in [5.41, 5.74) is 9.17. The molecule has 0 spiro atoms. The number of fused-ring (bicyclic) bond motifs is 1. The molecule has 1 aromatic carbocycles. The molecule has 0 atom stereocenters. The highest BCUT2D eigenvalue weighted by Crippen LogP contribution is 2.34. The Morgan fingerprint density at radius 2 is 2.00 bits per heavy atom. The monoisotopic (exact) mass is 365 g/mol. The predicted octanol–water partition coefficient (Wildman–Crippen LogP) is 3.27. The number of nitrogens with zero attached hydrogens (tertiary/aromatic N) is 5. The highest BCUT2D eigenvalue weighted by molar-refractivity contribution is 6.33. The van der Waals surface area contributed by atoms with Gasteiger partial charge in [-0.2, -0.15) is 10.1 Å². The van der Waals surface area contributed by atoms with Crippen molar-refractivity contribution in [1.82, 2.24) is 24.7 Å². The van der Waals surface area contributed by atoms with Crippen LogP contribution in [0.15, 0.2) is 48.8 Å². The van der Waals surface area contributed by atoms with Gasteiger partial charge >= 0.3 is 0 Å². The molecule has 0 fully saturated rings. The van der Waals surface area contributed by atoms with E-state index in [0.717, 1.165) is 11.1 Å². The maximum atomic E-state index is 6.39. The predicted molar refractivity (Wildman–Crippen MR) is 103 cm³/mol. The fraction of sp³-hybridized carbons (Fsp3) is 0.111. The van der Waals surface area contributed by atoms with Crippen molar-refractivity contribution in [3.05, 3.63) is 59.4 Å². The summed E-state index contributed by atoms with van der Waals surface area (Å²) in [6, 6.07) is 11.4. The number of halogens is 1. The van der Waals surface area contributed by atoms with Crippen molar-refractivity contribution < 1.29 is 0 Å². The second kappa shape index (κ2) is 6.61. The van der Waals surface area contributed by atoms with Gasteiger partial charge in [0.15, 0.2) is 5.65 Å². The number of nitrogen functional groups attached to an aromatic ring is 1. The van der Waals surface area contributed by atoms with E-state index in [1.54, 1.807) is 24.1 Å². The quantitative estimate of drug-likeness (QED) is 0.576. The fourth-order valence-corrected chi connectivity index (χ4v) is 2.95. The molecule has 26 heavy (non-hydrogen) atoms. The van der Waals surface area contributed by atoms with Crippen molar-refractivity contribution in [2.24, 2.45) is 7.05 Å². The van der Waals surface area contributed by atoms with E-state index in [-0.39, 0.29) is 0 Å². The number of nitrogens with one attached hydrogen (secondary N) is 1. The second-order valence-corrected chi connectivity index (χ2v) is 6.21. The van der Waals surface area contributed by atoms with E-state index in [1.165, 1.54) is 0 Å². The standard InChI is InChI=1S/C18H16ClN7/c1-26-16(20)14-15(12-6-2-3-7-13(12)19)23-18(24-17(14)25-26)22-10-11-5-4-8-21-9-11/h2-9H,10,20H2,1H3,(H,22,24,25). The minimum Gasteiger partial charge on any atom is -0.383 e. The first-order valence-corrected chi connectivity index (χ1v) is 8.39. The molecule has 4 aromatic rings. The van der Waals surface area contributed by atoms with Crippen molar-refractivity contribution in [1.29, 1.82) is 0 Å². The Hall–Kier alpha value is -3.19. The number of rotatable bonds is 4. The fourth-order valence-electron chi connectivity index (χ4n) is 2.73. The number of nitrogens with two attached hydrogens (primary N) is 1. The van der Waals surface area contributed by atoms with Crippen molar-refractivity contribution in [2.75, 3.05) is 11.1 Å². The van der Waals surface area contributed by atoms with E-state index >= 15 is 0 Å². The zero-order valence-electron chi connectivity index (χ0n) is 14.0. The summed E-state index contributed by atoms with van der Waals surface area (Å²) >= 11 is 6.39. The molecular weight excluding hydrogens is 350 g/mol. The number of hydrogen-bond donors (Lipinski definition) is 2. The molecule has 0 aliphatic heterocycles. The van der Waals surface area contributed by atoms with Gasteiger partial charge in [0.25, 0.3) is 0 Å². The third-order valence-corrected chi connectivity index (χ3v) is 4.37. The van der Waals surface area contributed by atoms with Gasteiger partial charge in [0.1, 0.15) is 5.82 Å². The summed E-state index contributed by atoms with van der Waals surface area (Å²) in [6.07, 6.45) is 3.53. The highest BCUT2D eigenvalue weighted by Gasteiger charge is 2.18. The zero-order chi connectivity index (χ0) is 18.1. The highest BCUT2D eigenvalue weighted by atomic mass is 35.5. The third-order valence-electron chi connectivity index (χ3n) is 4.04. The van der Waals surface area contributed by atoms with Crippen LogP contribution < -0.4 is 11.1 Å². The molecule has 0 saturated heterocycles. The Morgan fingerprint density at radius 3 is 2.77 bits per heavy atom. The number of benzene rings is 1. The first-order chi connectivity index (χ1) is 12.6. The topological polar surface area (TPSA) is 94.5 Å². The number of aromatic nitrogens is 5. The Balaban J connectivity index is 1.82. The molecule has 8 heteroatoms. The number of pyridine rings is 1. The van der Waals surface area contributed by atoms with E-state index in [0.29, 0.717) is 40.1 Å². The summed E-state index contributed by atoms with van der Waals surface area (Å²) in [5, 5.41) is 8.88. The van der Waals surface area contributed by atoms with E-state index in [1.807, 2.05) is 36.4 Å². The van der Waals surface area contributed by atoms with Gasteiger partial charge in [0.05, 0.1) is 11.1 Å². The molecule has 0 aliphatic carbocycles. The number of aryl methyl sites for hydroxylation is 1. The van der Waals surface area contributed by atoms with Crippen LogP contribution in [0, 0.1) is 0 Å². The van der Waals surface area contributed by atoms with Crippen LogP contribution in [-0.4, -0.2) is 24.7 Å². The van der Waals surface area contributed by atoms with Crippen LogP contribution in [-0.2, 0) is 13.6 Å². The number of hydrogen-bond acceptors (Lipinski definition) is 6. The maximum Gasteiger partial charge on any atom is 0.225 e. The van der Waals surface area contributed by atoms with Crippen molar-refractivity contribution in [3.63, 3.8) is 0 Å². The van der Waals surface area contributed by atoms with E-state index in [4.69, 9.17) is 17.3 Å². The molecule has 4 rings (SSSR count). The van der Waals surface area contributed by atoms with Gasteiger partial charge in [-0.1, -0.05) is 35.9 Å². The molecular formula is C18H16ClN7. The van der Waals surface area contributed by atoms with Crippen LogP contribution in [0.3, 0.4) is 0 Å². The van der Waals surface area contributed by atoms with Crippen LogP contribution in [0.4, 0.5) is 11.8 Å². The normalized spacial score (nSPS) is 11.0. The maximum absolute atomic E-state index is 6.39. The molecule has 0 radical (unpaired) electrons. The summed E-state index contributed by atoms with van der Waals surface area (Å²) < 4.78 is 1.59. The summed E-state index contributed by atoms with van der Waals surface area (Å²) in [4.78, 5) is 13.3. The van der Waals surface area contributed by atoms with Crippen molar-refractivity contribution in [3.8, 4) is 11.3 Å². The Kier molecular flexibility index (Phi) is 4.14. The van der Waals surface area contributed by atoms with E-state index in [9.17, 15) is 0 Å². The smallest absolute Gasteiger partial charge is 0.225 e. The molecule has 0 unspecified atom stereocenters. The van der Waals surface area contributed by atoms with Crippen LogP contribution in [0.2, 0.25) is 5.02 Å². The van der Waals surface area contributed by atoms with Gasteiger partial charge in [-0.25, -0.2) is 4.98 Å². The van der Waals surface area contributed by atoms with Gasteiger partial charge < -0.3 is 11.1 Å². The third kappa shape index (κ3) is 2.93. The van der Waals surface area contributed by atoms with E-state index < -0.39 is 0 Å². The SMILES string of the molecule is Cn1nc2nc(NCc3cccnc3)nc(-c3ccccc3Cl)c2c1N.